The number of amides is 2. The van der Waals surface area contributed by atoms with Gasteiger partial charge in [-0.25, -0.2) is 4.99 Å². The number of carbonyl (C=O) groups is 2. The van der Waals surface area contributed by atoms with Crippen LogP contribution < -0.4 is 10.1 Å². The lowest BCUT2D eigenvalue weighted by Crippen LogP contribution is -2.34. The number of hydrogen-bond donors (Lipinski definition) is 1. The van der Waals surface area contributed by atoms with Crippen molar-refractivity contribution >= 4 is 34.8 Å². The number of methoxy groups -OCH3 is 1. The van der Waals surface area contributed by atoms with E-state index >= 15 is 0 Å². The van der Waals surface area contributed by atoms with Crippen LogP contribution in [0.25, 0.3) is 6.08 Å². The molecule has 0 radical (unpaired) electrons. The summed E-state index contributed by atoms with van der Waals surface area (Å²) < 4.78 is 5.15. The summed E-state index contributed by atoms with van der Waals surface area (Å²) in [6.07, 6.45) is 5.35. The van der Waals surface area contributed by atoms with Crippen molar-refractivity contribution in [2.24, 2.45) is 4.99 Å². The van der Waals surface area contributed by atoms with E-state index in [1.165, 1.54) is 11.8 Å². The standard InChI is InChI=1S/C19H21N3O3S/c1-3-10-20-17(23)12-26-19-21-16(18(24)22(19)14-6-7-14)11-13-4-8-15(25-2)9-5-13/h3-5,8-9,11,14H,1,6-7,10,12H2,2H3,(H,20,23)/b16-11+. The Hall–Kier alpha value is -2.54. The Labute approximate surface area is 157 Å². The van der Waals surface area contributed by atoms with Crippen molar-refractivity contribution in [1.29, 1.82) is 0 Å². The Balaban J connectivity index is 1.74. The Kier molecular flexibility index (Phi) is 5.78. The van der Waals surface area contributed by atoms with Gasteiger partial charge in [0.15, 0.2) is 5.17 Å². The van der Waals surface area contributed by atoms with E-state index in [1.54, 1.807) is 24.2 Å². The second-order valence-electron chi connectivity index (χ2n) is 5.98. The van der Waals surface area contributed by atoms with E-state index in [-0.39, 0.29) is 23.6 Å². The number of nitrogens with one attached hydrogen (secondary N) is 1. The molecule has 1 aromatic carbocycles. The number of nitrogens with zero attached hydrogens (tertiary/aromatic N) is 2. The van der Waals surface area contributed by atoms with Gasteiger partial charge < -0.3 is 10.1 Å². The molecule has 1 N–H and O–H groups in total. The highest BCUT2D eigenvalue weighted by Gasteiger charge is 2.41. The third-order valence-electron chi connectivity index (χ3n) is 3.97. The highest BCUT2D eigenvalue weighted by atomic mass is 32.2. The van der Waals surface area contributed by atoms with Crippen LogP contribution in [-0.2, 0) is 9.59 Å². The fraction of sp³-hybridized carbons (Fsp3) is 0.316. The van der Waals surface area contributed by atoms with E-state index in [4.69, 9.17) is 4.74 Å². The predicted molar refractivity (Wildman–Crippen MR) is 104 cm³/mol. The molecule has 3 rings (SSSR count). The first kappa shape index (κ1) is 18.3. The van der Waals surface area contributed by atoms with Gasteiger partial charge in [-0.05, 0) is 36.6 Å². The van der Waals surface area contributed by atoms with Crippen LogP contribution in [-0.4, -0.2) is 47.3 Å². The third kappa shape index (κ3) is 4.35. The fourth-order valence-electron chi connectivity index (χ4n) is 2.49. The molecule has 1 heterocycles. The predicted octanol–water partition coefficient (Wildman–Crippen LogP) is 2.43. The first-order chi connectivity index (χ1) is 12.6. The lowest BCUT2D eigenvalue weighted by atomic mass is 10.2. The fourth-order valence-corrected chi connectivity index (χ4v) is 3.39. The summed E-state index contributed by atoms with van der Waals surface area (Å²) >= 11 is 1.29. The molecule has 0 atom stereocenters. The molecule has 0 unspecified atom stereocenters. The molecule has 6 nitrogen and oxygen atoms in total. The molecule has 2 amide bonds. The molecule has 26 heavy (non-hydrogen) atoms. The topological polar surface area (TPSA) is 71.0 Å². The summed E-state index contributed by atoms with van der Waals surface area (Å²) in [5.74, 6) is 0.777. The molecule has 2 aliphatic rings. The van der Waals surface area contributed by atoms with E-state index in [0.29, 0.717) is 17.4 Å². The molecule has 0 aromatic heterocycles. The Morgan fingerprint density at radius 2 is 2.15 bits per heavy atom. The van der Waals surface area contributed by atoms with Crippen molar-refractivity contribution in [2.75, 3.05) is 19.4 Å². The quantitative estimate of drug-likeness (QED) is 0.590. The highest BCUT2D eigenvalue weighted by Crippen LogP contribution is 2.35. The number of rotatable bonds is 7. The van der Waals surface area contributed by atoms with Gasteiger partial charge in [0.05, 0.1) is 12.9 Å². The van der Waals surface area contributed by atoms with Crippen LogP contribution in [0.5, 0.6) is 5.75 Å². The van der Waals surface area contributed by atoms with Crippen molar-refractivity contribution in [3.8, 4) is 5.75 Å². The van der Waals surface area contributed by atoms with Crippen LogP contribution in [0.1, 0.15) is 18.4 Å². The van der Waals surface area contributed by atoms with Gasteiger partial charge in [-0.15, -0.1) is 6.58 Å². The average Bonchev–Trinajstić information content (AvgIpc) is 3.44. The minimum atomic E-state index is -0.103. The number of amidine groups is 1. The van der Waals surface area contributed by atoms with Gasteiger partial charge in [0.25, 0.3) is 5.91 Å². The van der Waals surface area contributed by atoms with Gasteiger partial charge in [0.1, 0.15) is 11.4 Å². The van der Waals surface area contributed by atoms with E-state index in [2.05, 4.69) is 16.9 Å². The summed E-state index contributed by atoms with van der Waals surface area (Å²) in [5, 5.41) is 3.33. The number of hydrogen-bond acceptors (Lipinski definition) is 5. The van der Waals surface area contributed by atoms with Crippen LogP contribution in [0.2, 0.25) is 0 Å². The summed E-state index contributed by atoms with van der Waals surface area (Å²) in [4.78, 5) is 30.7. The molecular formula is C19H21N3O3S. The van der Waals surface area contributed by atoms with Gasteiger partial charge in [-0.1, -0.05) is 30.0 Å². The number of carbonyl (C=O) groups excluding carboxylic acids is 2. The normalized spacial score (nSPS) is 18.0. The maximum Gasteiger partial charge on any atom is 0.278 e. The van der Waals surface area contributed by atoms with Gasteiger partial charge in [-0.3, -0.25) is 14.5 Å². The largest absolute Gasteiger partial charge is 0.497 e. The van der Waals surface area contributed by atoms with E-state index in [1.807, 2.05) is 24.3 Å². The zero-order chi connectivity index (χ0) is 18.5. The Morgan fingerprint density at radius 3 is 2.77 bits per heavy atom. The molecule has 7 heteroatoms. The van der Waals surface area contributed by atoms with Crippen LogP contribution in [0.3, 0.4) is 0 Å². The second-order valence-corrected chi connectivity index (χ2v) is 6.93. The number of thioether (sulfide) groups is 1. The number of ether oxygens (including phenoxy) is 1. The summed E-state index contributed by atoms with van der Waals surface area (Å²) in [6, 6.07) is 7.64. The minimum Gasteiger partial charge on any atom is -0.497 e. The van der Waals surface area contributed by atoms with E-state index < -0.39 is 0 Å². The molecule has 1 fully saturated rings. The van der Waals surface area contributed by atoms with Crippen molar-refractivity contribution in [1.82, 2.24) is 10.2 Å². The van der Waals surface area contributed by atoms with Gasteiger partial charge in [-0.2, -0.15) is 0 Å². The molecule has 1 aliphatic carbocycles. The minimum absolute atomic E-state index is 0.0997. The van der Waals surface area contributed by atoms with Crippen LogP contribution in [0.4, 0.5) is 0 Å². The zero-order valence-electron chi connectivity index (χ0n) is 14.6. The molecule has 1 aromatic rings. The number of aliphatic imine (C=N–C) groups is 1. The van der Waals surface area contributed by atoms with Crippen LogP contribution in [0, 0.1) is 0 Å². The molecule has 136 valence electrons. The van der Waals surface area contributed by atoms with Crippen molar-refractivity contribution in [3.63, 3.8) is 0 Å². The van der Waals surface area contributed by atoms with Crippen LogP contribution in [0.15, 0.2) is 47.6 Å². The molecule has 1 aliphatic heterocycles. The Morgan fingerprint density at radius 1 is 1.42 bits per heavy atom. The first-order valence-electron chi connectivity index (χ1n) is 8.40. The van der Waals surface area contributed by atoms with Crippen molar-refractivity contribution in [2.45, 2.75) is 18.9 Å². The summed E-state index contributed by atoms with van der Waals surface area (Å²) in [5.41, 5.74) is 1.28. The summed E-state index contributed by atoms with van der Waals surface area (Å²) in [6.45, 7) is 4.00. The molecule has 0 bridgehead atoms. The van der Waals surface area contributed by atoms with Crippen molar-refractivity contribution in [3.05, 3.63) is 48.2 Å². The maximum atomic E-state index is 12.7. The maximum absolute atomic E-state index is 12.7. The highest BCUT2D eigenvalue weighted by molar-refractivity contribution is 8.14. The molecular weight excluding hydrogens is 350 g/mol. The van der Waals surface area contributed by atoms with Crippen molar-refractivity contribution < 1.29 is 14.3 Å². The third-order valence-corrected chi connectivity index (χ3v) is 4.92. The SMILES string of the molecule is C=CCNC(=O)CSC1=N/C(=C/c2ccc(OC)cc2)C(=O)N1C1CC1. The smallest absolute Gasteiger partial charge is 0.278 e. The lowest BCUT2D eigenvalue weighted by molar-refractivity contribution is -0.123. The molecule has 0 spiro atoms. The van der Waals surface area contributed by atoms with E-state index in [0.717, 1.165) is 24.2 Å². The van der Waals surface area contributed by atoms with Gasteiger partial charge in [0, 0.05) is 12.6 Å². The second kappa shape index (κ2) is 8.23. The first-order valence-corrected chi connectivity index (χ1v) is 9.39. The number of benzene rings is 1. The Bertz CT molecular complexity index is 767. The van der Waals surface area contributed by atoms with E-state index in [9.17, 15) is 9.59 Å². The lowest BCUT2D eigenvalue weighted by Gasteiger charge is -2.16. The monoisotopic (exact) mass is 371 g/mol. The van der Waals surface area contributed by atoms with Gasteiger partial charge >= 0.3 is 0 Å². The molecule has 1 saturated carbocycles. The van der Waals surface area contributed by atoms with Gasteiger partial charge in [0.2, 0.25) is 5.91 Å². The summed E-state index contributed by atoms with van der Waals surface area (Å²) in [7, 11) is 1.61. The average molecular weight is 371 g/mol. The molecule has 0 saturated heterocycles. The van der Waals surface area contributed by atoms with Crippen LogP contribution >= 0.6 is 11.8 Å². The zero-order valence-corrected chi connectivity index (χ0v) is 15.4.